The number of rotatable bonds is 16. The number of carbonyl (C=O) groups excluding carboxylic acids is 3. The topological polar surface area (TPSA) is 199 Å². The number of aliphatic imine (C=N–C) groups is 1. The molecule has 0 aromatic heterocycles. The summed E-state index contributed by atoms with van der Waals surface area (Å²) in [6.45, 7) is 12.4. The molecule has 14 nitrogen and oxygen atoms in total. The summed E-state index contributed by atoms with van der Waals surface area (Å²) in [7, 11) is -0.601. The van der Waals surface area contributed by atoms with Crippen molar-refractivity contribution in [2.75, 3.05) is 18.2 Å². The Morgan fingerprint density at radius 3 is 2.56 bits per heavy atom. The minimum Gasteiger partial charge on any atom is -0.404 e. The molecule has 3 aliphatic carbocycles. The van der Waals surface area contributed by atoms with Gasteiger partial charge in [-0.25, -0.2) is 15.1 Å². The van der Waals surface area contributed by atoms with E-state index in [0.29, 0.717) is 36.3 Å². The number of nitrogens with two attached hydrogens (primary N) is 1. The zero-order valence-corrected chi connectivity index (χ0v) is 27.0. The number of hydrogen-bond acceptors (Lipinski definition) is 9. The molecule has 2 bridgehead atoms. The number of nitrogens with one attached hydrogen (secondary N) is 4. The number of carbonyl (C=O) groups is 3. The monoisotopic (exact) mass is 625 g/mol. The highest BCUT2D eigenvalue weighted by atomic mass is 32.2. The highest BCUT2D eigenvalue weighted by Crippen LogP contribution is 2.65. The summed E-state index contributed by atoms with van der Waals surface area (Å²) in [5, 5.41) is 18.4. The summed E-state index contributed by atoms with van der Waals surface area (Å²) in [5.74, 6) is 0.527. The number of amides is 3. The lowest BCUT2D eigenvalue weighted by atomic mass is 9.43. The van der Waals surface area contributed by atoms with Crippen LogP contribution in [0.1, 0.15) is 80.1 Å². The first-order valence-electron chi connectivity index (χ1n) is 15.1. The van der Waals surface area contributed by atoms with Gasteiger partial charge in [0.05, 0.1) is 23.5 Å². The number of thioether (sulfide) groups is 1. The lowest BCUT2D eigenvalue weighted by molar-refractivity contribution is -0.525. The third kappa shape index (κ3) is 9.21. The standard InChI is InChI=1S/C27H48BN7O7S/c1-16(2)12-22(28-41-21-14-18-13-20(26(18,4)5)27(21,6)42-28)33-24(38)19(8-7-10-30-25(29)34-35(39)40)32-23(37)9-11-43-15-31-17(3)36/h16,18-22H,7-15H2,1-6H3,(H,31,36)(H,32,37)(H,33,38)(H3,29,30,34)/t18-,19+,20-,21-,22+,27+/m1/s1. The van der Waals surface area contributed by atoms with E-state index in [0.717, 1.165) is 12.8 Å². The van der Waals surface area contributed by atoms with E-state index in [1.54, 1.807) is 5.43 Å². The van der Waals surface area contributed by atoms with Gasteiger partial charge in [-0.15, -0.1) is 11.8 Å². The van der Waals surface area contributed by atoms with Crippen LogP contribution in [0, 0.1) is 33.3 Å². The van der Waals surface area contributed by atoms with Crippen molar-refractivity contribution in [2.45, 2.75) is 104 Å². The van der Waals surface area contributed by atoms with Crippen LogP contribution in [0.5, 0.6) is 0 Å². The average molecular weight is 626 g/mol. The lowest BCUT2D eigenvalue weighted by Crippen LogP contribution is -2.65. The Hall–Kier alpha value is -2.59. The molecule has 6 atom stereocenters. The first-order chi connectivity index (χ1) is 20.1. The number of nitro groups is 1. The molecule has 6 N–H and O–H groups in total. The van der Waals surface area contributed by atoms with E-state index in [4.69, 9.17) is 15.0 Å². The summed E-state index contributed by atoms with van der Waals surface area (Å²) in [6, 6.07) is -0.867. The fourth-order valence-electron chi connectivity index (χ4n) is 6.65. The molecule has 16 heteroatoms. The van der Waals surface area contributed by atoms with E-state index in [9.17, 15) is 24.5 Å². The van der Waals surface area contributed by atoms with Crippen molar-refractivity contribution in [1.29, 1.82) is 0 Å². The van der Waals surface area contributed by atoms with Gasteiger partial charge in [0.15, 0.2) is 5.03 Å². The molecule has 242 valence electrons. The zero-order valence-electron chi connectivity index (χ0n) is 26.1. The zero-order chi connectivity index (χ0) is 31.9. The van der Waals surface area contributed by atoms with Gasteiger partial charge in [0.2, 0.25) is 17.7 Å². The van der Waals surface area contributed by atoms with Gasteiger partial charge in [-0.1, -0.05) is 33.1 Å². The minimum absolute atomic E-state index is 0.0255. The molecule has 0 unspecified atom stereocenters. The third-order valence-electron chi connectivity index (χ3n) is 9.04. The first-order valence-corrected chi connectivity index (χ1v) is 16.2. The van der Waals surface area contributed by atoms with Gasteiger partial charge >= 0.3 is 7.12 Å². The van der Waals surface area contributed by atoms with Crippen LogP contribution >= 0.6 is 11.8 Å². The van der Waals surface area contributed by atoms with Gasteiger partial charge in [-0.3, -0.25) is 14.4 Å². The van der Waals surface area contributed by atoms with Crippen molar-refractivity contribution in [3.63, 3.8) is 0 Å². The molecule has 1 aliphatic heterocycles. The third-order valence-corrected chi connectivity index (χ3v) is 9.88. The summed E-state index contributed by atoms with van der Waals surface area (Å²) in [5.41, 5.74) is 7.05. The predicted molar refractivity (Wildman–Crippen MR) is 165 cm³/mol. The quantitative estimate of drug-likeness (QED) is 0.0317. The van der Waals surface area contributed by atoms with Gasteiger partial charge in [-0.05, 0) is 62.2 Å². The average Bonchev–Trinajstić information content (AvgIpc) is 3.26. The second kappa shape index (κ2) is 14.9. The van der Waals surface area contributed by atoms with Crippen molar-refractivity contribution < 1.29 is 28.7 Å². The van der Waals surface area contributed by atoms with E-state index in [1.807, 2.05) is 0 Å². The molecular weight excluding hydrogens is 577 g/mol. The Bertz CT molecular complexity index is 1060. The van der Waals surface area contributed by atoms with Crippen LogP contribution in [-0.4, -0.2) is 77.7 Å². The Balaban J connectivity index is 1.65. The van der Waals surface area contributed by atoms with Crippen LogP contribution in [-0.2, 0) is 23.7 Å². The maximum Gasteiger partial charge on any atom is 0.481 e. The van der Waals surface area contributed by atoms with Crippen molar-refractivity contribution in [3.05, 3.63) is 10.1 Å². The maximum atomic E-state index is 13.7. The molecule has 4 rings (SSSR count). The molecule has 3 saturated carbocycles. The second-order valence-electron chi connectivity index (χ2n) is 13.0. The Kier molecular flexibility index (Phi) is 12.1. The highest BCUT2D eigenvalue weighted by molar-refractivity contribution is 7.99. The van der Waals surface area contributed by atoms with Gasteiger partial charge < -0.3 is 31.0 Å². The maximum absolute atomic E-state index is 13.7. The summed E-state index contributed by atoms with van der Waals surface area (Å²) in [6.07, 6.45) is 3.41. The van der Waals surface area contributed by atoms with Gasteiger partial charge in [0, 0.05) is 25.6 Å². The smallest absolute Gasteiger partial charge is 0.404 e. The predicted octanol–water partition coefficient (Wildman–Crippen LogP) is 1.36. The Labute approximate surface area is 258 Å². The minimum atomic E-state index is -0.867. The fourth-order valence-corrected chi connectivity index (χ4v) is 7.43. The molecule has 0 spiro atoms. The molecule has 3 amide bonds. The molecule has 1 saturated heterocycles. The molecule has 0 radical (unpaired) electrons. The van der Waals surface area contributed by atoms with Crippen LogP contribution in [0.15, 0.2) is 4.99 Å². The van der Waals surface area contributed by atoms with Crippen LogP contribution < -0.4 is 27.1 Å². The normalized spacial score (nSPS) is 27.0. The molecule has 4 fully saturated rings. The SMILES string of the molecule is CC(=O)NCSCCC(=O)N[C@@H](CCCN=C(N)N[N+](=O)[O-])C(=O)N[C@@H](CC(C)C)B1O[C@@H]2C[C@H]3C[C@H](C3(C)C)[C@]2(C)O1. The number of guanidine groups is 1. The Morgan fingerprint density at radius 2 is 1.93 bits per heavy atom. The van der Waals surface area contributed by atoms with E-state index in [1.165, 1.54) is 18.7 Å². The van der Waals surface area contributed by atoms with Crippen LogP contribution in [0.2, 0.25) is 0 Å². The number of nitrogens with zero attached hydrogens (tertiary/aromatic N) is 2. The van der Waals surface area contributed by atoms with Gasteiger partial charge in [-0.2, -0.15) is 0 Å². The van der Waals surface area contributed by atoms with Crippen molar-refractivity contribution >= 4 is 42.6 Å². The van der Waals surface area contributed by atoms with E-state index < -0.39 is 29.7 Å². The summed E-state index contributed by atoms with van der Waals surface area (Å²) >= 11 is 1.40. The van der Waals surface area contributed by atoms with E-state index >= 15 is 0 Å². The van der Waals surface area contributed by atoms with Crippen LogP contribution in [0.3, 0.4) is 0 Å². The highest BCUT2D eigenvalue weighted by Gasteiger charge is 2.68. The second-order valence-corrected chi connectivity index (χ2v) is 14.1. The van der Waals surface area contributed by atoms with Crippen molar-refractivity contribution in [3.8, 4) is 0 Å². The number of hydrazine groups is 1. The van der Waals surface area contributed by atoms with Gasteiger partial charge in [0.1, 0.15) is 6.04 Å². The largest absolute Gasteiger partial charge is 0.481 e. The van der Waals surface area contributed by atoms with Gasteiger partial charge in [0.25, 0.3) is 5.96 Å². The molecule has 4 aliphatic rings. The Morgan fingerprint density at radius 1 is 1.21 bits per heavy atom. The molecular formula is C27H48BN7O7S. The van der Waals surface area contributed by atoms with Crippen molar-refractivity contribution in [1.82, 2.24) is 21.4 Å². The first kappa shape index (κ1) is 34.9. The fraction of sp³-hybridized carbons (Fsp3) is 0.852. The summed E-state index contributed by atoms with van der Waals surface area (Å²) < 4.78 is 13.1. The van der Waals surface area contributed by atoms with Crippen LogP contribution in [0.4, 0.5) is 0 Å². The number of hydrogen-bond donors (Lipinski definition) is 5. The van der Waals surface area contributed by atoms with E-state index in [2.05, 4.69) is 55.6 Å². The molecule has 0 aromatic carbocycles. The summed E-state index contributed by atoms with van der Waals surface area (Å²) in [4.78, 5) is 52.0. The molecule has 1 heterocycles. The lowest BCUT2D eigenvalue weighted by Gasteiger charge is -2.64. The molecule has 0 aromatic rings. The van der Waals surface area contributed by atoms with E-state index in [-0.39, 0.29) is 60.5 Å². The van der Waals surface area contributed by atoms with Crippen LogP contribution in [0.25, 0.3) is 0 Å². The molecule has 43 heavy (non-hydrogen) atoms. The van der Waals surface area contributed by atoms with Crippen molar-refractivity contribution in [2.24, 2.45) is 33.9 Å².